The molecule has 94 valence electrons. The highest BCUT2D eigenvalue weighted by Gasteiger charge is 2.12. The molecule has 0 heterocycles. The second-order valence-electron chi connectivity index (χ2n) is 3.78. The summed E-state index contributed by atoms with van der Waals surface area (Å²) >= 11 is 11.7. The van der Waals surface area contributed by atoms with Gasteiger partial charge in [-0.25, -0.2) is 0 Å². The Morgan fingerprint density at radius 3 is 2.82 bits per heavy atom. The van der Waals surface area contributed by atoms with Crippen LogP contribution in [0.2, 0.25) is 10.0 Å². The summed E-state index contributed by atoms with van der Waals surface area (Å²) in [5, 5.41) is 12.9. The van der Waals surface area contributed by atoms with Crippen molar-refractivity contribution in [1.82, 2.24) is 5.32 Å². The number of rotatable bonds is 5. The van der Waals surface area contributed by atoms with E-state index in [0.717, 1.165) is 6.42 Å². The highest BCUT2D eigenvalue weighted by atomic mass is 35.5. The van der Waals surface area contributed by atoms with Crippen molar-refractivity contribution >= 4 is 29.1 Å². The van der Waals surface area contributed by atoms with Crippen molar-refractivity contribution in [2.45, 2.75) is 25.9 Å². The summed E-state index contributed by atoms with van der Waals surface area (Å²) < 4.78 is 0. The Hall–Kier alpha value is -0.770. The van der Waals surface area contributed by atoms with Crippen LogP contribution in [-0.4, -0.2) is 23.7 Å². The Morgan fingerprint density at radius 2 is 2.18 bits per heavy atom. The van der Waals surface area contributed by atoms with Gasteiger partial charge < -0.3 is 10.4 Å². The monoisotopic (exact) mass is 275 g/mol. The van der Waals surface area contributed by atoms with Crippen LogP contribution in [0.1, 0.15) is 30.1 Å². The molecule has 17 heavy (non-hydrogen) atoms. The third-order valence-electron chi connectivity index (χ3n) is 2.29. The van der Waals surface area contributed by atoms with Gasteiger partial charge in [0.1, 0.15) is 0 Å². The van der Waals surface area contributed by atoms with E-state index in [1.165, 1.54) is 6.07 Å². The zero-order valence-corrected chi connectivity index (χ0v) is 11.1. The van der Waals surface area contributed by atoms with Crippen molar-refractivity contribution < 1.29 is 9.90 Å². The first kappa shape index (κ1) is 14.3. The third-order valence-corrected chi connectivity index (χ3v) is 2.86. The number of nitrogens with one attached hydrogen (secondary N) is 1. The van der Waals surface area contributed by atoms with Crippen LogP contribution in [0, 0.1) is 0 Å². The molecule has 0 saturated heterocycles. The molecule has 1 atom stereocenters. The van der Waals surface area contributed by atoms with Crippen molar-refractivity contribution in [1.29, 1.82) is 0 Å². The highest BCUT2D eigenvalue weighted by Crippen LogP contribution is 2.20. The maximum absolute atomic E-state index is 11.8. The highest BCUT2D eigenvalue weighted by molar-refractivity contribution is 6.35. The molecule has 3 nitrogen and oxygen atoms in total. The van der Waals surface area contributed by atoms with Gasteiger partial charge in [-0.3, -0.25) is 4.79 Å². The summed E-state index contributed by atoms with van der Waals surface area (Å²) in [5.41, 5.74) is 0.322. The quantitative estimate of drug-likeness (QED) is 0.868. The van der Waals surface area contributed by atoms with Gasteiger partial charge in [0.05, 0.1) is 16.7 Å². The van der Waals surface area contributed by atoms with Crippen LogP contribution < -0.4 is 5.32 Å². The molecule has 1 unspecified atom stereocenters. The second-order valence-corrected chi connectivity index (χ2v) is 4.62. The van der Waals surface area contributed by atoms with Gasteiger partial charge >= 0.3 is 0 Å². The van der Waals surface area contributed by atoms with E-state index in [0.29, 0.717) is 22.0 Å². The Labute approximate surface area is 111 Å². The Morgan fingerprint density at radius 1 is 1.47 bits per heavy atom. The van der Waals surface area contributed by atoms with E-state index >= 15 is 0 Å². The van der Waals surface area contributed by atoms with Crippen molar-refractivity contribution in [3.63, 3.8) is 0 Å². The summed E-state index contributed by atoms with van der Waals surface area (Å²) in [6.45, 7) is 2.19. The zero-order valence-electron chi connectivity index (χ0n) is 9.54. The smallest absolute Gasteiger partial charge is 0.252 e. The van der Waals surface area contributed by atoms with Gasteiger partial charge in [0.25, 0.3) is 5.91 Å². The Bertz CT molecular complexity index is 396. The van der Waals surface area contributed by atoms with Crippen molar-refractivity contribution in [2.75, 3.05) is 6.54 Å². The number of aliphatic hydroxyl groups excluding tert-OH is 1. The van der Waals surface area contributed by atoms with E-state index in [9.17, 15) is 9.90 Å². The first-order valence-electron chi connectivity index (χ1n) is 5.46. The lowest BCUT2D eigenvalue weighted by Crippen LogP contribution is -2.32. The number of aliphatic hydroxyl groups is 1. The minimum Gasteiger partial charge on any atom is -0.391 e. The predicted molar refractivity (Wildman–Crippen MR) is 69.7 cm³/mol. The maximum Gasteiger partial charge on any atom is 0.252 e. The third kappa shape index (κ3) is 4.54. The van der Waals surface area contributed by atoms with Gasteiger partial charge in [0, 0.05) is 11.6 Å². The average Bonchev–Trinajstić information content (AvgIpc) is 2.29. The average molecular weight is 276 g/mol. The molecule has 0 bridgehead atoms. The largest absolute Gasteiger partial charge is 0.391 e. The standard InChI is InChI=1S/C12H15Cl2NO2/c1-2-3-9(16)7-15-12(17)10-6-8(13)4-5-11(10)14/h4-6,9,16H,2-3,7H2,1H3,(H,15,17). The van der Waals surface area contributed by atoms with Crippen molar-refractivity contribution in [3.05, 3.63) is 33.8 Å². The van der Waals surface area contributed by atoms with E-state index in [1.807, 2.05) is 6.92 Å². The van der Waals surface area contributed by atoms with Gasteiger partial charge in [-0.1, -0.05) is 36.5 Å². The zero-order chi connectivity index (χ0) is 12.8. The van der Waals surface area contributed by atoms with Gasteiger partial charge in [-0.05, 0) is 24.6 Å². The fourth-order valence-corrected chi connectivity index (χ4v) is 1.79. The van der Waals surface area contributed by atoms with Crippen LogP contribution in [0.4, 0.5) is 0 Å². The normalized spacial score (nSPS) is 12.2. The second kappa shape index (κ2) is 6.84. The number of halogens is 2. The Kier molecular flexibility index (Phi) is 5.75. The molecule has 0 saturated carbocycles. The molecule has 0 aliphatic rings. The summed E-state index contributed by atoms with van der Waals surface area (Å²) in [4.78, 5) is 11.8. The molecule has 0 radical (unpaired) electrons. The maximum atomic E-state index is 11.8. The molecule has 0 aliphatic heterocycles. The molecule has 1 aromatic rings. The molecule has 0 fully saturated rings. The molecule has 1 amide bonds. The fraction of sp³-hybridized carbons (Fsp3) is 0.417. The van der Waals surface area contributed by atoms with E-state index in [-0.39, 0.29) is 12.5 Å². The lowest BCUT2D eigenvalue weighted by atomic mass is 10.2. The van der Waals surface area contributed by atoms with Crippen LogP contribution in [0.15, 0.2) is 18.2 Å². The topological polar surface area (TPSA) is 49.3 Å². The number of hydrogen-bond acceptors (Lipinski definition) is 2. The molecule has 0 spiro atoms. The molecule has 1 aromatic carbocycles. The number of amides is 1. The fourth-order valence-electron chi connectivity index (χ4n) is 1.41. The van der Waals surface area contributed by atoms with Crippen molar-refractivity contribution in [3.8, 4) is 0 Å². The van der Waals surface area contributed by atoms with Crippen LogP contribution in [0.25, 0.3) is 0 Å². The predicted octanol–water partition coefficient (Wildman–Crippen LogP) is 2.88. The number of carbonyl (C=O) groups excluding carboxylic acids is 1. The summed E-state index contributed by atoms with van der Waals surface area (Å²) in [5.74, 6) is -0.326. The van der Waals surface area contributed by atoms with Crippen LogP contribution in [-0.2, 0) is 0 Å². The first-order chi connectivity index (χ1) is 8.04. The van der Waals surface area contributed by atoms with Gasteiger partial charge in [0.15, 0.2) is 0 Å². The van der Waals surface area contributed by atoms with E-state index < -0.39 is 6.10 Å². The number of carbonyl (C=O) groups is 1. The Balaban J connectivity index is 2.61. The first-order valence-corrected chi connectivity index (χ1v) is 6.21. The minimum atomic E-state index is -0.526. The van der Waals surface area contributed by atoms with Crippen LogP contribution in [0.5, 0.6) is 0 Å². The summed E-state index contributed by atoms with van der Waals surface area (Å²) in [7, 11) is 0. The van der Waals surface area contributed by atoms with Crippen molar-refractivity contribution in [2.24, 2.45) is 0 Å². The molecule has 0 aliphatic carbocycles. The molecular weight excluding hydrogens is 261 g/mol. The molecule has 1 rings (SSSR count). The molecule has 0 aromatic heterocycles. The van der Waals surface area contributed by atoms with E-state index in [4.69, 9.17) is 23.2 Å². The van der Waals surface area contributed by atoms with Crippen LogP contribution >= 0.6 is 23.2 Å². The summed E-state index contributed by atoms with van der Waals surface area (Å²) in [6, 6.07) is 4.69. The van der Waals surface area contributed by atoms with Gasteiger partial charge in [-0.15, -0.1) is 0 Å². The molecular formula is C12H15Cl2NO2. The molecule has 2 N–H and O–H groups in total. The molecule has 5 heteroatoms. The summed E-state index contributed by atoms with van der Waals surface area (Å²) in [6.07, 6.45) is 1.00. The lowest BCUT2D eigenvalue weighted by Gasteiger charge is -2.11. The number of hydrogen-bond donors (Lipinski definition) is 2. The number of benzene rings is 1. The van der Waals surface area contributed by atoms with Crippen LogP contribution in [0.3, 0.4) is 0 Å². The SMILES string of the molecule is CCCC(O)CNC(=O)c1cc(Cl)ccc1Cl. The van der Waals surface area contributed by atoms with E-state index in [1.54, 1.807) is 12.1 Å². The minimum absolute atomic E-state index is 0.218. The lowest BCUT2D eigenvalue weighted by molar-refractivity contribution is 0.0910. The van der Waals surface area contributed by atoms with Gasteiger partial charge in [-0.2, -0.15) is 0 Å². The van der Waals surface area contributed by atoms with E-state index in [2.05, 4.69) is 5.32 Å². The van der Waals surface area contributed by atoms with Gasteiger partial charge in [0.2, 0.25) is 0 Å².